The van der Waals surface area contributed by atoms with Gasteiger partial charge in [-0.3, -0.25) is 0 Å². The van der Waals surface area contributed by atoms with Gasteiger partial charge in [-0.2, -0.15) is 0 Å². The lowest BCUT2D eigenvalue weighted by Gasteiger charge is -2.25. The maximum absolute atomic E-state index is 13.0. The van der Waals surface area contributed by atoms with E-state index >= 15 is 0 Å². The number of halogens is 1. The molecule has 112 valence electrons. The number of hydrogen-bond acceptors (Lipinski definition) is 3. The molecule has 0 saturated heterocycles. The van der Waals surface area contributed by atoms with Crippen molar-refractivity contribution >= 4 is 5.69 Å². The van der Waals surface area contributed by atoms with Crippen molar-refractivity contribution < 1.29 is 9.13 Å². The van der Waals surface area contributed by atoms with E-state index in [0.717, 1.165) is 22.6 Å². The second-order valence-electron chi connectivity index (χ2n) is 5.21. The van der Waals surface area contributed by atoms with Gasteiger partial charge in [0, 0.05) is 24.8 Å². The minimum absolute atomic E-state index is 0.185. The molecular formula is C17H21FN2O. The normalized spacial score (nSPS) is 12.0. The lowest BCUT2D eigenvalue weighted by molar-refractivity contribution is 0.405. The molecule has 0 radical (unpaired) electrons. The highest BCUT2D eigenvalue weighted by Crippen LogP contribution is 2.26. The zero-order valence-electron chi connectivity index (χ0n) is 12.6. The van der Waals surface area contributed by atoms with Crippen molar-refractivity contribution in [3.8, 4) is 5.75 Å². The Balaban J connectivity index is 2.15. The Morgan fingerprint density at radius 3 is 2.48 bits per heavy atom. The summed E-state index contributed by atoms with van der Waals surface area (Å²) in [4.78, 5) is 2.01. The average Bonchev–Trinajstić information content (AvgIpc) is 2.47. The van der Waals surface area contributed by atoms with Crippen LogP contribution in [0.25, 0.3) is 0 Å². The van der Waals surface area contributed by atoms with Crippen LogP contribution in [0.5, 0.6) is 5.75 Å². The first-order valence-corrected chi connectivity index (χ1v) is 6.88. The average molecular weight is 288 g/mol. The van der Waals surface area contributed by atoms with E-state index in [2.05, 4.69) is 0 Å². The van der Waals surface area contributed by atoms with E-state index in [9.17, 15) is 4.39 Å². The summed E-state index contributed by atoms with van der Waals surface area (Å²) in [5.41, 5.74) is 9.36. The van der Waals surface area contributed by atoms with E-state index in [1.54, 1.807) is 19.2 Å². The highest BCUT2D eigenvalue weighted by atomic mass is 19.1. The van der Waals surface area contributed by atoms with E-state index in [1.807, 2.05) is 37.1 Å². The van der Waals surface area contributed by atoms with Crippen molar-refractivity contribution in [2.45, 2.75) is 13.0 Å². The molecule has 0 aromatic heterocycles. The van der Waals surface area contributed by atoms with Crippen LogP contribution >= 0.6 is 0 Å². The number of ether oxygens (including phenoxy) is 1. The first kappa shape index (κ1) is 15.3. The van der Waals surface area contributed by atoms with Gasteiger partial charge in [-0.15, -0.1) is 0 Å². The van der Waals surface area contributed by atoms with Crippen molar-refractivity contribution in [1.29, 1.82) is 0 Å². The molecule has 0 aliphatic carbocycles. The van der Waals surface area contributed by atoms with Crippen molar-refractivity contribution in [2.75, 3.05) is 25.6 Å². The molecule has 0 heterocycles. The third-order valence-electron chi connectivity index (χ3n) is 3.52. The van der Waals surface area contributed by atoms with Crippen molar-refractivity contribution in [3.05, 3.63) is 59.4 Å². The minimum atomic E-state index is -0.239. The maximum Gasteiger partial charge on any atom is 0.123 e. The predicted molar refractivity (Wildman–Crippen MR) is 84.3 cm³/mol. The summed E-state index contributed by atoms with van der Waals surface area (Å²) in [6, 6.07) is 12.2. The molecular weight excluding hydrogens is 267 g/mol. The highest BCUT2D eigenvalue weighted by molar-refractivity contribution is 5.47. The van der Waals surface area contributed by atoms with Gasteiger partial charge in [0.1, 0.15) is 11.6 Å². The van der Waals surface area contributed by atoms with Crippen LogP contribution in [0.4, 0.5) is 10.1 Å². The van der Waals surface area contributed by atoms with Gasteiger partial charge >= 0.3 is 0 Å². The quantitative estimate of drug-likeness (QED) is 0.917. The maximum atomic E-state index is 13.0. The molecule has 0 fully saturated rings. The Hall–Kier alpha value is -2.07. The summed E-state index contributed by atoms with van der Waals surface area (Å²) in [6.07, 6.45) is 0. The monoisotopic (exact) mass is 288 g/mol. The number of rotatable bonds is 5. The molecule has 0 amide bonds. The van der Waals surface area contributed by atoms with Crippen LogP contribution in [-0.4, -0.2) is 20.7 Å². The van der Waals surface area contributed by atoms with Crippen LogP contribution in [-0.2, 0) is 0 Å². The molecule has 3 nitrogen and oxygen atoms in total. The smallest absolute Gasteiger partial charge is 0.123 e. The third kappa shape index (κ3) is 3.73. The Bertz CT molecular complexity index is 598. The van der Waals surface area contributed by atoms with E-state index in [0.29, 0.717) is 6.54 Å². The Kier molecular flexibility index (Phi) is 4.81. The molecule has 21 heavy (non-hydrogen) atoms. The summed E-state index contributed by atoms with van der Waals surface area (Å²) in [5.74, 6) is 0.553. The van der Waals surface area contributed by atoms with E-state index in [1.165, 1.54) is 12.1 Å². The number of nitrogens with two attached hydrogens (primary N) is 1. The number of aryl methyl sites for hydroxylation is 1. The van der Waals surface area contributed by atoms with Crippen LogP contribution in [0.2, 0.25) is 0 Å². The SMILES string of the molecule is COc1ccc(C)cc1C(N)CN(C)c1ccc(F)cc1. The van der Waals surface area contributed by atoms with Gasteiger partial charge in [0.25, 0.3) is 0 Å². The summed E-state index contributed by atoms with van der Waals surface area (Å²) < 4.78 is 18.3. The van der Waals surface area contributed by atoms with Crippen molar-refractivity contribution in [3.63, 3.8) is 0 Å². The molecule has 4 heteroatoms. The van der Waals surface area contributed by atoms with Gasteiger partial charge in [0.15, 0.2) is 0 Å². The summed E-state index contributed by atoms with van der Waals surface area (Å²) >= 11 is 0. The second-order valence-corrected chi connectivity index (χ2v) is 5.21. The molecule has 2 aromatic rings. The molecule has 2 aromatic carbocycles. The van der Waals surface area contributed by atoms with E-state index < -0.39 is 0 Å². The van der Waals surface area contributed by atoms with Gasteiger partial charge in [-0.1, -0.05) is 17.7 Å². The van der Waals surface area contributed by atoms with Gasteiger partial charge < -0.3 is 15.4 Å². The van der Waals surface area contributed by atoms with Crippen LogP contribution in [0, 0.1) is 12.7 Å². The number of anilines is 1. The molecule has 2 N–H and O–H groups in total. The zero-order chi connectivity index (χ0) is 15.4. The van der Waals surface area contributed by atoms with Gasteiger partial charge in [0.05, 0.1) is 13.2 Å². The molecule has 0 spiro atoms. The number of hydrogen-bond donors (Lipinski definition) is 1. The Morgan fingerprint density at radius 1 is 1.19 bits per heavy atom. The molecule has 0 aliphatic heterocycles. The molecule has 1 unspecified atom stereocenters. The van der Waals surface area contributed by atoms with Crippen LogP contribution in [0.3, 0.4) is 0 Å². The number of benzene rings is 2. The fourth-order valence-electron chi connectivity index (χ4n) is 2.34. The fraction of sp³-hybridized carbons (Fsp3) is 0.294. The van der Waals surface area contributed by atoms with Crippen molar-refractivity contribution in [2.24, 2.45) is 5.73 Å². The Labute approximate surface area is 125 Å². The molecule has 0 bridgehead atoms. The fourth-order valence-corrected chi connectivity index (χ4v) is 2.34. The van der Waals surface area contributed by atoms with E-state index in [4.69, 9.17) is 10.5 Å². The topological polar surface area (TPSA) is 38.5 Å². The molecule has 0 aliphatic rings. The van der Waals surface area contributed by atoms with Crippen molar-refractivity contribution in [1.82, 2.24) is 0 Å². The lowest BCUT2D eigenvalue weighted by atomic mass is 10.0. The van der Waals surface area contributed by atoms with Crippen LogP contribution in [0.1, 0.15) is 17.2 Å². The zero-order valence-corrected chi connectivity index (χ0v) is 12.6. The number of likely N-dealkylation sites (N-methyl/N-ethyl adjacent to an activating group) is 1. The minimum Gasteiger partial charge on any atom is -0.496 e. The standard InChI is InChI=1S/C17H21FN2O/c1-12-4-9-17(21-3)15(10-12)16(19)11-20(2)14-7-5-13(18)6-8-14/h4-10,16H,11,19H2,1-3H3. The molecule has 2 rings (SSSR count). The van der Waals surface area contributed by atoms with Gasteiger partial charge in [-0.25, -0.2) is 4.39 Å². The first-order valence-electron chi connectivity index (χ1n) is 6.88. The summed E-state index contributed by atoms with van der Waals surface area (Å²) in [6.45, 7) is 2.64. The summed E-state index contributed by atoms with van der Waals surface area (Å²) in [5, 5.41) is 0. The van der Waals surface area contributed by atoms with E-state index in [-0.39, 0.29) is 11.9 Å². The molecule has 0 saturated carbocycles. The summed E-state index contributed by atoms with van der Waals surface area (Å²) in [7, 11) is 3.58. The Morgan fingerprint density at radius 2 is 1.86 bits per heavy atom. The third-order valence-corrected chi connectivity index (χ3v) is 3.52. The van der Waals surface area contributed by atoms with Crippen LogP contribution < -0.4 is 15.4 Å². The number of methoxy groups -OCH3 is 1. The van der Waals surface area contributed by atoms with Crippen LogP contribution in [0.15, 0.2) is 42.5 Å². The first-order chi connectivity index (χ1) is 10.0. The lowest BCUT2D eigenvalue weighted by Crippen LogP contribution is -2.29. The largest absolute Gasteiger partial charge is 0.496 e. The predicted octanol–water partition coefficient (Wildman–Crippen LogP) is 3.28. The van der Waals surface area contributed by atoms with Gasteiger partial charge in [-0.05, 0) is 37.3 Å². The second kappa shape index (κ2) is 6.59. The molecule has 1 atom stereocenters. The number of nitrogens with zero attached hydrogens (tertiary/aromatic N) is 1. The highest BCUT2D eigenvalue weighted by Gasteiger charge is 2.14. The van der Waals surface area contributed by atoms with Gasteiger partial charge in [0.2, 0.25) is 0 Å².